The second-order valence-electron chi connectivity index (χ2n) is 12.7. The van der Waals surface area contributed by atoms with Crippen molar-refractivity contribution in [1.29, 1.82) is 0 Å². The van der Waals surface area contributed by atoms with E-state index in [1.54, 1.807) is 18.2 Å². The summed E-state index contributed by atoms with van der Waals surface area (Å²) in [4.78, 5) is 8.37. The van der Waals surface area contributed by atoms with Crippen molar-refractivity contribution in [3.8, 4) is 0 Å². The van der Waals surface area contributed by atoms with Crippen molar-refractivity contribution in [3.63, 3.8) is 0 Å². The molecule has 45 heavy (non-hydrogen) atoms. The first-order valence-corrected chi connectivity index (χ1v) is 15.9. The third-order valence-corrected chi connectivity index (χ3v) is 9.81. The Morgan fingerprint density at radius 1 is 1.04 bits per heavy atom. The highest BCUT2D eigenvalue weighted by Gasteiger charge is 2.62. The summed E-state index contributed by atoms with van der Waals surface area (Å²) in [5, 5.41) is 3.66. The number of para-hydroxylation sites is 1. The average Bonchev–Trinajstić information content (AvgIpc) is 3.97. The number of nitrogens with zero attached hydrogens (tertiary/aromatic N) is 3. The Bertz CT molecular complexity index is 1710. The van der Waals surface area contributed by atoms with Gasteiger partial charge in [0.25, 0.3) is 5.92 Å². The van der Waals surface area contributed by atoms with Crippen LogP contribution in [0, 0.1) is 12.8 Å². The second-order valence-corrected chi connectivity index (χ2v) is 12.7. The number of halogens is 4. The van der Waals surface area contributed by atoms with Gasteiger partial charge in [0.2, 0.25) is 0 Å². The van der Waals surface area contributed by atoms with Gasteiger partial charge in [-0.15, -0.1) is 0 Å². The van der Waals surface area contributed by atoms with Crippen molar-refractivity contribution in [3.05, 3.63) is 113 Å². The molecule has 3 aromatic carbocycles. The highest BCUT2D eigenvalue weighted by Crippen LogP contribution is 2.61. The fraction of sp³-hybridized carbons (Fsp3) is 0.378. The lowest BCUT2D eigenvalue weighted by Crippen LogP contribution is -2.56. The molecule has 2 aliphatic heterocycles. The fourth-order valence-electron chi connectivity index (χ4n) is 7.05. The lowest BCUT2D eigenvalue weighted by molar-refractivity contribution is -0.00830. The van der Waals surface area contributed by atoms with Crippen LogP contribution in [-0.4, -0.2) is 42.0 Å². The van der Waals surface area contributed by atoms with Gasteiger partial charge in [0.05, 0.1) is 11.4 Å². The van der Waals surface area contributed by atoms with Crippen LogP contribution in [0.15, 0.2) is 90.1 Å². The molecule has 1 atom stereocenters. The minimum atomic E-state index is -2.91. The number of anilines is 2. The molecule has 2 heterocycles. The van der Waals surface area contributed by atoms with Crippen LogP contribution >= 0.6 is 0 Å². The number of aryl methyl sites for hydroxylation is 1. The molecule has 236 valence electrons. The van der Waals surface area contributed by atoms with E-state index in [9.17, 15) is 17.6 Å². The van der Waals surface area contributed by atoms with E-state index in [-0.39, 0.29) is 19.5 Å². The van der Waals surface area contributed by atoms with Crippen molar-refractivity contribution in [2.45, 2.75) is 70.1 Å². The molecule has 0 amide bonds. The largest absolute Gasteiger partial charge is 0.382 e. The molecule has 4 aliphatic rings. The van der Waals surface area contributed by atoms with E-state index < -0.39 is 18.1 Å². The van der Waals surface area contributed by atoms with Crippen molar-refractivity contribution >= 4 is 22.7 Å². The zero-order chi connectivity index (χ0) is 31.5. The van der Waals surface area contributed by atoms with Crippen LogP contribution in [-0.2, 0) is 5.92 Å². The maximum atomic E-state index is 14.6. The van der Waals surface area contributed by atoms with Gasteiger partial charge in [0, 0.05) is 72.1 Å². The number of fused-ring (bicyclic) bond motifs is 3. The lowest BCUT2D eigenvalue weighted by Gasteiger charge is -2.43. The molecule has 3 aromatic rings. The van der Waals surface area contributed by atoms with E-state index >= 15 is 0 Å². The summed E-state index contributed by atoms with van der Waals surface area (Å²) < 4.78 is 57.9. The van der Waals surface area contributed by atoms with Gasteiger partial charge in [0.1, 0.15) is 5.66 Å². The van der Waals surface area contributed by atoms with Gasteiger partial charge in [-0.1, -0.05) is 56.0 Å². The van der Waals surface area contributed by atoms with Crippen LogP contribution in [0.1, 0.15) is 68.3 Å². The van der Waals surface area contributed by atoms with Gasteiger partial charge < -0.3 is 5.32 Å². The number of rotatable bonds is 10. The highest BCUT2D eigenvalue weighted by molar-refractivity contribution is 6.14. The maximum Gasteiger partial charge on any atom is 0.317 e. The molecular formula is C37H40F4N4. The smallest absolute Gasteiger partial charge is 0.317 e. The Labute approximate surface area is 263 Å². The average molecular weight is 617 g/mol. The molecule has 2 aliphatic carbocycles. The van der Waals surface area contributed by atoms with E-state index in [4.69, 9.17) is 4.99 Å². The first kappa shape index (κ1) is 29.8. The molecule has 0 spiro atoms. The summed E-state index contributed by atoms with van der Waals surface area (Å²) in [6.07, 6.45) is 5.46. The standard InChI is InChI=1S/C37H38F4N4.H2/c1-4-36(40,41)27-9-7-8-26(21-27)34(42-24(3)25-12-13-25)30-15-14-29(20-23(30)2)43-28-16-18-44(19-17-28)37-22-32(37)31-10-5-6-11-33(31)45(37)35(38)39;/h5-11,14-15,20-22,25,28,35,43H,3-4,12-13,16-19H2,1-2H3;1H. The number of likely N-dealkylation sites (tertiary alicyclic amines) is 1. The van der Waals surface area contributed by atoms with Crippen LogP contribution < -0.4 is 10.2 Å². The summed E-state index contributed by atoms with van der Waals surface area (Å²) in [6.45, 7) is 6.50. The Morgan fingerprint density at radius 3 is 2.49 bits per heavy atom. The minimum absolute atomic E-state index is 0. The van der Waals surface area contributed by atoms with Crippen LogP contribution in [0.25, 0.3) is 5.57 Å². The fourth-order valence-corrected chi connectivity index (χ4v) is 7.05. The normalized spacial score (nSPS) is 21.9. The molecule has 2 fully saturated rings. The molecular weight excluding hydrogens is 576 g/mol. The number of hydrogen-bond acceptors (Lipinski definition) is 4. The van der Waals surface area contributed by atoms with Crippen LogP contribution in [0.2, 0.25) is 0 Å². The van der Waals surface area contributed by atoms with Crippen molar-refractivity contribution in [2.24, 2.45) is 10.9 Å². The van der Waals surface area contributed by atoms with Gasteiger partial charge in [0.15, 0.2) is 0 Å². The number of alkyl halides is 4. The predicted molar refractivity (Wildman–Crippen MR) is 175 cm³/mol. The van der Waals surface area contributed by atoms with Crippen LogP contribution in [0.5, 0.6) is 0 Å². The Hall–Kier alpha value is -3.91. The van der Waals surface area contributed by atoms with E-state index in [0.29, 0.717) is 36.0 Å². The van der Waals surface area contributed by atoms with Crippen LogP contribution in [0.3, 0.4) is 0 Å². The SMILES string of the molecule is C=C(N=C(c1cccc(C(F)(F)CC)c1)c1ccc(NC2CCN(C34C=C3c3ccccc3N4C(F)F)CC2)cc1C)C1CC1.[HH]. The summed E-state index contributed by atoms with van der Waals surface area (Å²) in [7, 11) is 0. The number of benzene rings is 3. The van der Waals surface area contributed by atoms with E-state index in [1.165, 1.54) is 17.9 Å². The van der Waals surface area contributed by atoms with Gasteiger partial charge in [-0.3, -0.25) is 14.8 Å². The van der Waals surface area contributed by atoms with E-state index in [1.807, 2.05) is 49.4 Å². The molecule has 1 N–H and O–H groups in total. The van der Waals surface area contributed by atoms with Gasteiger partial charge in [-0.2, -0.15) is 8.78 Å². The molecule has 0 bridgehead atoms. The Morgan fingerprint density at radius 2 is 1.80 bits per heavy atom. The van der Waals surface area contributed by atoms with E-state index in [0.717, 1.165) is 59.3 Å². The molecule has 0 aromatic heterocycles. The quantitative estimate of drug-likeness (QED) is 0.140. The minimum Gasteiger partial charge on any atom is -0.382 e. The summed E-state index contributed by atoms with van der Waals surface area (Å²) in [5.74, 6) is -2.57. The maximum absolute atomic E-state index is 14.6. The molecule has 1 saturated heterocycles. The molecule has 0 radical (unpaired) electrons. The number of nitrogens with one attached hydrogen (secondary N) is 1. The highest BCUT2D eigenvalue weighted by atomic mass is 19.3. The van der Waals surface area contributed by atoms with Crippen molar-refractivity contribution < 1.29 is 19.0 Å². The molecule has 1 saturated carbocycles. The summed E-state index contributed by atoms with van der Waals surface area (Å²) in [6, 6.07) is 20.3. The summed E-state index contributed by atoms with van der Waals surface area (Å²) in [5.41, 5.74) is 6.61. The zero-order valence-electron chi connectivity index (χ0n) is 25.7. The third-order valence-electron chi connectivity index (χ3n) is 9.81. The number of hydrogen-bond donors (Lipinski definition) is 1. The van der Waals surface area contributed by atoms with Crippen molar-refractivity contribution in [2.75, 3.05) is 23.3 Å². The number of aliphatic imine (C=N–C) groups is 1. The Balaban J connectivity index is 0.00000372. The monoisotopic (exact) mass is 616 g/mol. The second kappa shape index (κ2) is 11.2. The first-order chi connectivity index (χ1) is 21.6. The predicted octanol–water partition coefficient (Wildman–Crippen LogP) is 9.22. The number of piperidine rings is 1. The number of allylic oxidation sites excluding steroid dienone is 1. The van der Waals surface area contributed by atoms with Gasteiger partial charge >= 0.3 is 6.55 Å². The lowest BCUT2D eigenvalue weighted by atomic mass is 9.94. The first-order valence-electron chi connectivity index (χ1n) is 15.9. The van der Waals surface area contributed by atoms with Crippen molar-refractivity contribution in [1.82, 2.24) is 4.90 Å². The Kier molecular flexibility index (Phi) is 7.39. The molecule has 1 unspecified atom stereocenters. The molecule has 7 rings (SSSR count). The van der Waals surface area contributed by atoms with E-state index in [2.05, 4.69) is 22.9 Å². The molecule has 4 nitrogen and oxygen atoms in total. The van der Waals surface area contributed by atoms with Gasteiger partial charge in [-0.25, -0.2) is 8.78 Å². The molecule has 8 heteroatoms. The third kappa shape index (κ3) is 5.27. The zero-order valence-corrected chi connectivity index (χ0v) is 25.7. The van der Waals surface area contributed by atoms with Gasteiger partial charge in [-0.05, 0) is 68.5 Å². The summed E-state index contributed by atoms with van der Waals surface area (Å²) >= 11 is 0. The van der Waals surface area contributed by atoms with Crippen LogP contribution in [0.4, 0.5) is 28.9 Å². The topological polar surface area (TPSA) is 30.9 Å².